The van der Waals surface area contributed by atoms with Crippen molar-refractivity contribution in [3.05, 3.63) is 42.7 Å². The van der Waals surface area contributed by atoms with Crippen LogP contribution in [0.25, 0.3) is 22.4 Å². The number of hydrogen-bond donors (Lipinski definition) is 2. The molecular formula is C21H24N8O2S. The van der Waals surface area contributed by atoms with Crippen LogP contribution in [-0.2, 0) is 11.0 Å². The van der Waals surface area contributed by atoms with E-state index in [1.807, 2.05) is 24.5 Å². The van der Waals surface area contributed by atoms with Crippen molar-refractivity contribution in [3.8, 4) is 11.4 Å². The Morgan fingerprint density at radius 2 is 1.97 bits per heavy atom. The number of rotatable bonds is 7. The van der Waals surface area contributed by atoms with Gasteiger partial charge in [-0.25, -0.2) is 24.1 Å². The van der Waals surface area contributed by atoms with Gasteiger partial charge in [0.25, 0.3) is 0 Å². The smallest absolute Gasteiger partial charge is 0.164 e. The summed E-state index contributed by atoms with van der Waals surface area (Å²) in [5, 5.41) is 17.7. The van der Waals surface area contributed by atoms with Gasteiger partial charge in [0, 0.05) is 18.3 Å². The Morgan fingerprint density at radius 1 is 1.16 bits per heavy atom. The molecule has 11 heteroatoms. The van der Waals surface area contributed by atoms with Crippen LogP contribution in [-0.4, -0.2) is 48.3 Å². The van der Waals surface area contributed by atoms with Crippen LogP contribution in [0.3, 0.4) is 0 Å². The van der Waals surface area contributed by atoms with Gasteiger partial charge in [-0.1, -0.05) is 0 Å². The van der Waals surface area contributed by atoms with Crippen LogP contribution in [0.15, 0.2) is 36.9 Å². The lowest BCUT2D eigenvalue weighted by Gasteiger charge is -2.14. The molecule has 1 aliphatic rings. The van der Waals surface area contributed by atoms with Crippen molar-refractivity contribution < 1.29 is 9.32 Å². The first-order valence-corrected chi connectivity index (χ1v) is 11.7. The minimum absolute atomic E-state index is 0.128. The van der Waals surface area contributed by atoms with Gasteiger partial charge in [-0.05, 0) is 39.7 Å². The van der Waals surface area contributed by atoms with Crippen molar-refractivity contribution in [2.24, 2.45) is 0 Å². The average molecular weight is 453 g/mol. The molecule has 0 saturated heterocycles. The van der Waals surface area contributed by atoms with E-state index < -0.39 is 17.1 Å². The monoisotopic (exact) mass is 452 g/mol. The summed E-state index contributed by atoms with van der Waals surface area (Å²) in [6.45, 7) is 5.80. The molecule has 4 aromatic heterocycles. The zero-order valence-corrected chi connectivity index (χ0v) is 18.8. The summed E-state index contributed by atoms with van der Waals surface area (Å²) in [5.74, 6) is 2.27. The fourth-order valence-electron chi connectivity index (χ4n) is 3.56. The third-order valence-electron chi connectivity index (χ3n) is 5.22. The second-order valence-corrected chi connectivity index (χ2v) is 9.76. The SMILES string of the molecule is CC(O)c1nc2cnc(Nc3ccnc(-c4cnn(S(=O)C5CC5)c4)n3)cc2n1C(C)C. The number of hydrogen-bond acceptors (Lipinski definition) is 8. The van der Waals surface area contributed by atoms with Crippen LogP contribution in [0, 0.1) is 0 Å². The van der Waals surface area contributed by atoms with Crippen LogP contribution in [0.1, 0.15) is 51.6 Å². The second kappa shape index (κ2) is 8.06. The molecule has 10 nitrogen and oxygen atoms in total. The third-order valence-corrected chi connectivity index (χ3v) is 6.83. The van der Waals surface area contributed by atoms with Gasteiger partial charge in [-0.3, -0.25) is 0 Å². The van der Waals surface area contributed by atoms with Gasteiger partial charge in [-0.15, -0.1) is 0 Å². The van der Waals surface area contributed by atoms with E-state index in [1.165, 1.54) is 4.09 Å². The predicted octanol–water partition coefficient (Wildman–Crippen LogP) is 3.14. The first-order chi connectivity index (χ1) is 15.4. The maximum atomic E-state index is 12.3. The number of imidazole rings is 1. The summed E-state index contributed by atoms with van der Waals surface area (Å²) in [5.41, 5.74) is 2.30. The number of aromatic nitrogens is 7. The predicted molar refractivity (Wildman–Crippen MR) is 122 cm³/mol. The molecule has 1 saturated carbocycles. The second-order valence-electron chi connectivity index (χ2n) is 8.17. The van der Waals surface area contributed by atoms with E-state index >= 15 is 0 Å². The highest BCUT2D eigenvalue weighted by Crippen LogP contribution is 2.28. The Labute approximate surface area is 187 Å². The number of aliphatic hydroxyl groups excluding tert-OH is 1. The zero-order chi connectivity index (χ0) is 22.4. The van der Waals surface area contributed by atoms with E-state index in [0.29, 0.717) is 28.8 Å². The normalized spacial score (nSPS) is 15.9. The van der Waals surface area contributed by atoms with Crippen LogP contribution < -0.4 is 5.32 Å². The quantitative estimate of drug-likeness (QED) is 0.438. The van der Waals surface area contributed by atoms with Gasteiger partial charge in [-0.2, -0.15) is 9.19 Å². The number of anilines is 2. The van der Waals surface area contributed by atoms with Crippen molar-refractivity contribution in [2.75, 3.05) is 5.32 Å². The molecule has 32 heavy (non-hydrogen) atoms. The average Bonchev–Trinajstić information content (AvgIpc) is 3.36. The van der Waals surface area contributed by atoms with E-state index in [1.54, 1.807) is 37.8 Å². The zero-order valence-electron chi connectivity index (χ0n) is 18.0. The van der Waals surface area contributed by atoms with Gasteiger partial charge in [0.05, 0.1) is 34.9 Å². The molecule has 0 amide bonds. The molecule has 2 atom stereocenters. The van der Waals surface area contributed by atoms with Crippen LogP contribution >= 0.6 is 0 Å². The fraction of sp³-hybridized carbons (Fsp3) is 0.381. The van der Waals surface area contributed by atoms with Gasteiger partial charge >= 0.3 is 0 Å². The molecule has 1 aliphatic carbocycles. The first kappa shape index (κ1) is 20.7. The van der Waals surface area contributed by atoms with Crippen molar-refractivity contribution in [1.29, 1.82) is 0 Å². The van der Waals surface area contributed by atoms with Crippen LogP contribution in [0.4, 0.5) is 11.6 Å². The van der Waals surface area contributed by atoms with Crippen LogP contribution in [0.2, 0.25) is 0 Å². The van der Waals surface area contributed by atoms with E-state index in [-0.39, 0.29) is 11.3 Å². The molecule has 0 aromatic carbocycles. The maximum absolute atomic E-state index is 12.3. The molecule has 5 rings (SSSR count). The Bertz CT molecular complexity index is 1310. The summed E-state index contributed by atoms with van der Waals surface area (Å²) in [6, 6.07) is 3.78. The molecule has 4 heterocycles. The van der Waals surface area contributed by atoms with E-state index in [9.17, 15) is 9.32 Å². The third kappa shape index (κ3) is 3.89. The van der Waals surface area contributed by atoms with Crippen molar-refractivity contribution in [1.82, 2.24) is 33.7 Å². The molecule has 0 bridgehead atoms. The first-order valence-electron chi connectivity index (χ1n) is 10.5. The minimum atomic E-state index is -1.14. The molecule has 0 spiro atoms. The lowest BCUT2D eigenvalue weighted by molar-refractivity contribution is 0.182. The Morgan fingerprint density at radius 3 is 2.69 bits per heavy atom. The number of nitrogens with zero attached hydrogens (tertiary/aromatic N) is 7. The van der Waals surface area contributed by atoms with Gasteiger partial charge in [0.2, 0.25) is 0 Å². The number of fused-ring (bicyclic) bond motifs is 1. The maximum Gasteiger partial charge on any atom is 0.164 e. The van der Waals surface area contributed by atoms with Gasteiger partial charge < -0.3 is 15.0 Å². The summed E-state index contributed by atoms with van der Waals surface area (Å²) in [7, 11) is -1.14. The highest BCUT2D eigenvalue weighted by molar-refractivity contribution is 7.84. The van der Waals surface area contributed by atoms with E-state index in [2.05, 4.69) is 30.4 Å². The summed E-state index contributed by atoms with van der Waals surface area (Å²) in [4.78, 5) is 17.9. The molecule has 1 fully saturated rings. The topological polar surface area (TPSA) is 124 Å². The van der Waals surface area contributed by atoms with E-state index in [4.69, 9.17) is 0 Å². The van der Waals surface area contributed by atoms with Gasteiger partial charge in [0.15, 0.2) is 5.82 Å². The molecular weight excluding hydrogens is 428 g/mol. The number of nitrogens with one attached hydrogen (secondary N) is 1. The van der Waals surface area contributed by atoms with Gasteiger partial charge in [0.1, 0.15) is 40.1 Å². The number of pyridine rings is 1. The largest absolute Gasteiger partial charge is 0.385 e. The van der Waals surface area contributed by atoms with E-state index in [0.717, 1.165) is 23.9 Å². The van der Waals surface area contributed by atoms with Crippen molar-refractivity contribution >= 4 is 33.7 Å². The Kier molecular flexibility index (Phi) is 5.22. The highest BCUT2D eigenvalue weighted by Gasteiger charge is 2.30. The molecule has 0 aliphatic heterocycles. The lowest BCUT2D eigenvalue weighted by Crippen LogP contribution is -2.09. The van der Waals surface area contributed by atoms with Crippen molar-refractivity contribution in [3.63, 3.8) is 0 Å². The molecule has 2 N–H and O–H groups in total. The molecule has 2 unspecified atom stereocenters. The summed E-state index contributed by atoms with van der Waals surface area (Å²) in [6.07, 6.45) is 7.96. The Balaban J connectivity index is 1.43. The van der Waals surface area contributed by atoms with Crippen molar-refractivity contribution in [2.45, 2.75) is 51.0 Å². The highest BCUT2D eigenvalue weighted by atomic mass is 32.2. The summed E-state index contributed by atoms with van der Waals surface area (Å²) < 4.78 is 15.8. The standard InChI is InChI=1S/C21H24N8O2S/c1-12(2)29-17-8-19(23-10-16(17)25-21(29)13(3)30)26-18-6-7-22-20(27-18)14-9-24-28(11-14)32(31)15-4-5-15/h6-13,15,30H,4-5H2,1-3H3,(H,22,23,26,27). The Hall–Kier alpha value is -3.18. The fourth-order valence-corrected chi connectivity index (χ4v) is 4.77. The lowest BCUT2D eigenvalue weighted by atomic mass is 10.3. The minimum Gasteiger partial charge on any atom is -0.385 e. The molecule has 0 radical (unpaired) electrons. The number of aliphatic hydroxyl groups is 1. The molecule has 166 valence electrons. The van der Waals surface area contributed by atoms with Crippen LogP contribution in [0.5, 0.6) is 0 Å². The summed E-state index contributed by atoms with van der Waals surface area (Å²) >= 11 is 0. The molecule has 4 aromatic rings.